The number of benzene rings is 1. The van der Waals surface area contributed by atoms with E-state index in [1.165, 1.54) is 11.3 Å². The number of ether oxygens (including phenoxy) is 1. The van der Waals surface area contributed by atoms with Gasteiger partial charge in [0.25, 0.3) is 5.09 Å². The van der Waals surface area contributed by atoms with Gasteiger partial charge in [-0.2, -0.15) is 0 Å². The van der Waals surface area contributed by atoms with Crippen molar-refractivity contribution >= 4 is 32.4 Å². The van der Waals surface area contributed by atoms with E-state index in [2.05, 4.69) is 15.1 Å². The molecule has 11 heteroatoms. The molecular formula is C23H28N4O6S. The summed E-state index contributed by atoms with van der Waals surface area (Å²) in [6.45, 7) is 0.430. The fraction of sp³-hybridized carbons (Fsp3) is 0.391. The zero-order chi connectivity index (χ0) is 24.3. The summed E-state index contributed by atoms with van der Waals surface area (Å²) in [6, 6.07) is 11.3. The first-order valence-electron chi connectivity index (χ1n) is 11.0. The van der Waals surface area contributed by atoms with Crippen molar-refractivity contribution in [3.05, 3.63) is 70.0 Å². The van der Waals surface area contributed by atoms with Crippen molar-refractivity contribution in [1.82, 2.24) is 4.98 Å². The van der Waals surface area contributed by atoms with Crippen LogP contribution in [0.3, 0.4) is 0 Å². The zero-order valence-corrected chi connectivity index (χ0v) is 19.4. The number of rotatable bonds is 14. The van der Waals surface area contributed by atoms with Gasteiger partial charge in [-0.3, -0.25) is 9.78 Å². The van der Waals surface area contributed by atoms with Gasteiger partial charge in [0.1, 0.15) is 12.8 Å². The monoisotopic (exact) mass is 488 g/mol. The topological polar surface area (TPSA) is 150 Å². The molecule has 0 unspecified atom stereocenters. The molecule has 0 aliphatic carbocycles. The highest BCUT2D eigenvalue weighted by atomic mass is 32.1. The molecule has 2 aromatic heterocycles. The van der Waals surface area contributed by atoms with Gasteiger partial charge < -0.3 is 25.7 Å². The van der Waals surface area contributed by atoms with E-state index in [0.717, 1.165) is 26.2 Å². The van der Waals surface area contributed by atoms with Crippen LogP contribution < -0.4 is 11.1 Å². The van der Waals surface area contributed by atoms with Crippen molar-refractivity contribution in [2.75, 3.05) is 18.5 Å². The summed E-state index contributed by atoms with van der Waals surface area (Å²) in [5.41, 5.74) is 7.64. The molecule has 0 spiro atoms. The number of unbranched alkanes of at least 4 members (excludes halogenated alkanes) is 2. The van der Waals surface area contributed by atoms with Gasteiger partial charge in [0.05, 0.1) is 16.3 Å². The number of nitrogens with zero attached hydrogens (tertiary/aromatic N) is 2. The highest BCUT2D eigenvalue weighted by Gasteiger charge is 2.20. The smallest absolute Gasteiger partial charge is 0.306 e. The number of nitrogens with one attached hydrogen (secondary N) is 1. The lowest BCUT2D eigenvalue weighted by Crippen LogP contribution is -2.32. The average molecular weight is 489 g/mol. The Hall–Kier alpha value is -3.28. The zero-order valence-electron chi connectivity index (χ0n) is 18.6. The number of aromatic nitrogens is 1. The quantitative estimate of drug-likeness (QED) is 0.102. The predicted molar refractivity (Wildman–Crippen MR) is 129 cm³/mol. The van der Waals surface area contributed by atoms with Crippen molar-refractivity contribution in [3.63, 3.8) is 0 Å². The minimum atomic E-state index is -0.870. The number of hydrogen-bond acceptors (Lipinski definition) is 10. The van der Waals surface area contributed by atoms with Gasteiger partial charge in [-0.15, -0.1) is 21.5 Å². The first kappa shape index (κ1) is 25.3. The molecule has 182 valence electrons. The van der Waals surface area contributed by atoms with Crippen molar-refractivity contribution < 1.29 is 24.6 Å². The summed E-state index contributed by atoms with van der Waals surface area (Å²) in [6.07, 6.45) is 4.64. The van der Waals surface area contributed by atoms with E-state index in [9.17, 15) is 20.0 Å². The van der Waals surface area contributed by atoms with E-state index in [-0.39, 0.29) is 38.1 Å². The molecule has 3 aromatic rings. The van der Waals surface area contributed by atoms with E-state index >= 15 is 0 Å². The van der Waals surface area contributed by atoms with Crippen LogP contribution in [0, 0.1) is 10.1 Å². The van der Waals surface area contributed by atoms with Crippen molar-refractivity contribution in [1.29, 1.82) is 0 Å². The highest BCUT2D eigenvalue weighted by molar-refractivity contribution is 7.22. The van der Waals surface area contributed by atoms with Crippen LogP contribution in [0.4, 0.5) is 5.00 Å². The van der Waals surface area contributed by atoms with Gasteiger partial charge >= 0.3 is 5.97 Å². The number of esters is 1. The molecule has 2 heterocycles. The molecule has 0 fully saturated rings. The van der Waals surface area contributed by atoms with Gasteiger partial charge in [-0.1, -0.05) is 30.7 Å². The Labute approximate surface area is 200 Å². The SMILES string of the molecule is NC[C@H](c1ccc(COC(=O)CCCCCO[N+](=O)[O-])cc1)[C@H](O)Nc1cc2ccncc2s1. The highest BCUT2D eigenvalue weighted by Crippen LogP contribution is 2.31. The first-order chi connectivity index (χ1) is 16.5. The molecule has 0 bridgehead atoms. The average Bonchev–Trinajstić information content (AvgIpc) is 3.23. The second-order valence-corrected chi connectivity index (χ2v) is 8.81. The van der Waals surface area contributed by atoms with Crippen LogP contribution in [0.25, 0.3) is 10.1 Å². The molecule has 34 heavy (non-hydrogen) atoms. The molecule has 0 aliphatic rings. The fourth-order valence-corrected chi connectivity index (χ4v) is 4.39. The van der Waals surface area contributed by atoms with Gasteiger partial charge in [0, 0.05) is 31.3 Å². The van der Waals surface area contributed by atoms with Gasteiger partial charge in [0.15, 0.2) is 0 Å². The largest absolute Gasteiger partial charge is 0.461 e. The third kappa shape index (κ3) is 7.65. The van der Waals surface area contributed by atoms with Crippen molar-refractivity contribution in [2.24, 2.45) is 5.73 Å². The maximum Gasteiger partial charge on any atom is 0.306 e. The van der Waals surface area contributed by atoms with E-state index in [0.29, 0.717) is 19.3 Å². The summed E-state index contributed by atoms with van der Waals surface area (Å²) in [5.74, 6) is -0.642. The predicted octanol–water partition coefficient (Wildman–Crippen LogP) is 3.58. The molecule has 1 aromatic carbocycles. The molecule has 2 atom stereocenters. The number of hydrogen-bond donors (Lipinski definition) is 3. The summed E-state index contributed by atoms with van der Waals surface area (Å²) in [7, 11) is 0. The number of carbonyl (C=O) groups is 1. The van der Waals surface area contributed by atoms with Crippen LogP contribution in [0.15, 0.2) is 48.8 Å². The maximum atomic E-state index is 11.9. The Morgan fingerprint density at radius 1 is 1.24 bits per heavy atom. The van der Waals surface area contributed by atoms with Gasteiger partial charge in [-0.05, 0) is 41.5 Å². The lowest BCUT2D eigenvalue weighted by Gasteiger charge is -2.23. The minimum absolute atomic E-state index is 0.0317. The molecule has 10 nitrogen and oxygen atoms in total. The summed E-state index contributed by atoms with van der Waals surface area (Å²) < 4.78 is 6.32. The molecule has 0 saturated carbocycles. The number of anilines is 1. The minimum Gasteiger partial charge on any atom is -0.461 e. The van der Waals surface area contributed by atoms with Crippen molar-refractivity contribution in [3.8, 4) is 0 Å². The molecular weight excluding hydrogens is 460 g/mol. The van der Waals surface area contributed by atoms with Crippen molar-refractivity contribution in [2.45, 2.75) is 44.4 Å². The molecule has 0 saturated heterocycles. The lowest BCUT2D eigenvalue weighted by atomic mass is 9.96. The van der Waals surface area contributed by atoms with Gasteiger partial charge in [-0.25, -0.2) is 0 Å². The molecule has 3 rings (SSSR count). The molecule has 0 amide bonds. The maximum absolute atomic E-state index is 11.9. The van der Waals surface area contributed by atoms with Crippen LogP contribution >= 0.6 is 11.3 Å². The van der Waals surface area contributed by atoms with Crippen LogP contribution in [0.2, 0.25) is 0 Å². The van der Waals surface area contributed by atoms with E-state index in [1.54, 1.807) is 12.4 Å². The van der Waals surface area contributed by atoms with Gasteiger partial charge in [0.2, 0.25) is 0 Å². The number of fused-ring (bicyclic) bond motifs is 1. The second-order valence-electron chi connectivity index (χ2n) is 7.73. The van der Waals surface area contributed by atoms with E-state index in [1.807, 2.05) is 36.4 Å². The fourth-order valence-electron chi connectivity index (χ4n) is 3.43. The summed E-state index contributed by atoms with van der Waals surface area (Å²) in [5, 5.41) is 25.0. The van der Waals surface area contributed by atoms with Crippen LogP contribution in [0.1, 0.15) is 42.7 Å². The number of carbonyl (C=O) groups excluding carboxylic acids is 1. The molecule has 0 radical (unpaired) electrons. The van der Waals surface area contributed by atoms with E-state index in [4.69, 9.17) is 10.5 Å². The lowest BCUT2D eigenvalue weighted by molar-refractivity contribution is -0.757. The number of pyridine rings is 1. The Morgan fingerprint density at radius 3 is 2.74 bits per heavy atom. The van der Waals surface area contributed by atoms with Crippen LogP contribution in [-0.2, 0) is 21.0 Å². The normalized spacial score (nSPS) is 12.8. The first-order valence-corrected chi connectivity index (χ1v) is 11.8. The Balaban J connectivity index is 1.44. The molecule has 0 aliphatic heterocycles. The third-order valence-corrected chi connectivity index (χ3v) is 6.29. The number of aliphatic hydroxyl groups excluding tert-OH is 1. The standard InChI is InChI=1S/C23H28N4O6S/c24-13-19(23(29)26-21-12-18-9-10-25-14-20(18)34-21)17-7-5-16(6-8-17)15-32-22(28)4-2-1-3-11-33-27(30)31/h5-10,12,14,19,23,26,29H,1-4,11,13,15,24H2/t19-,23+/m1/s1. The number of aliphatic hydroxyl groups is 1. The summed E-state index contributed by atoms with van der Waals surface area (Å²) >= 11 is 1.51. The van der Waals surface area contributed by atoms with E-state index < -0.39 is 11.3 Å². The number of nitrogens with two attached hydrogens (primary N) is 1. The Bertz CT molecular complexity index is 1040. The van der Waals surface area contributed by atoms with Crippen LogP contribution in [0.5, 0.6) is 0 Å². The Kier molecular flexibility index (Phi) is 9.56. The second kappa shape index (κ2) is 12.8. The third-order valence-electron chi connectivity index (χ3n) is 5.28. The summed E-state index contributed by atoms with van der Waals surface area (Å²) in [4.78, 5) is 30.3. The molecule has 4 N–H and O–H groups in total. The number of thiophene rings is 1. The van der Waals surface area contributed by atoms with Crippen LogP contribution in [-0.4, -0.2) is 40.5 Å². The Morgan fingerprint density at radius 2 is 2.03 bits per heavy atom.